The maximum atomic E-state index is 12.3. The second-order valence-electron chi connectivity index (χ2n) is 4.05. The molecule has 1 aromatic carbocycles. The van der Waals surface area contributed by atoms with E-state index in [9.17, 15) is 4.79 Å². The number of hydrogen-bond acceptors (Lipinski definition) is 2. The molecule has 0 radical (unpaired) electrons. The largest absolute Gasteiger partial charge is 0.398 e. The number of amides is 1. The molecular weight excluding hydrogens is 200 g/mol. The SMILES string of the molecule is Cc1cccc(N)c1C(=O)N1CC=CCC1. The second-order valence-corrected chi connectivity index (χ2v) is 4.05. The van der Waals surface area contributed by atoms with Gasteiger partial charge in [0.05, 0.1) is 5.56 Å². The first-order valence-corrected chi connectivity index (χ1v) is 5.49. The zero-order valence-electron chi connectivity index (χ0n) is 9.44. The van der Waals surface area contributed by atoms with Gasteiger partial charge in [-0.05, 0) is 25.0 Å². The van der Waals surface area contributed by atoms with E-state index in [1.807, 2.05) is 30.0 Å². The van der Waals surface area contributed by atoms with Gasteiger partial charge in [0.2, 0.25) is 0 Å². The number of carbonyl (C=O) groups is 1. The molecule has 3 heteroatoms. The van der Waals surface area contributed by atoms with Gasteiger partial charge in [-0.1, -0.05) is 24.3 Å². The van der Waals surface area contributed by atoms with E-state index >= 15 is 0 Å². The van der Waals surface area contributed by atoms with Crippen LogP contribution in [0.15, 0.2) is 30.4 Å². The first-order chi connectivity index (χ1) is 7.70. The number of nitrogen functional groups attached to an aromatic ring is 1. The third kappa shape index (κ3) is 1.94. The summed E-state index contributed by atoms with van der Waals surface area (Å²) in [5.74, 6) is 0.0416. The van der Waals surface area contributed by atoms with E-state index in [2.05, 4.69) is 6.08 Å². The number of carbonyl (C=O) groups excluding carboxylic acids is 1. The Kier molecular flexibility index (Phi) is 2.95. The topological polar surface area (TPSA) is 46.3 Å². The van der Waals surface area contributed by atoms with Crippen LogP contribution in [0.1, 0.15) is 22.3 Å². The zero-order valence-corrected chi connectivity index (χ0v) is 9.44. The molecule has 0 aromatic heterocycles. The van der Waals surface area contributed by atoms with Crippen LogP contribution in [-0.2, 0) is 0 Å². The molecule has 84 valence electrons. The molecule has 0 atom stereocenters. The number of rotatable bonds is 1. The molecule has 1 aromatic rings. The predicted molar refractivity (Wildman–Crippen MR) is 65.3 cm³/mol. The van der Waals surface area contributed by atoms with Gasteiger partial charge in [-0.15, -0.1) is 0 Å². The number of nitrogens with zero attached hydrogens (tertiary/aromatic N) is 1. The number of aryl methyl sites for hydroxylation is 1. The van der Waals surface area contributed by atoms with E-state index < -0.39 is 0 Å². The van der Waals surface area contributed by atoms with Gasteiger partial charge in [-0.25, -0.2) is 0 Å². The normalized spacial score (nSPS) is 15.2. The summed E-state index contributed by atoms with van der Waals surface area (Å²) in [5.41, 5.74) is 8.03. The number of anilines is 1. The van der Waals surface area contributed by atoms with Crippen LogP contribution in [0.25, 0.3) is 0 Å². The van der Waals surface area contributed by atoms with Crippen LogP contribution in [0.5, 0.6) is 0 Å². The smallest absolute Gasteiger partial charge is 0.256 e. The molecule has 0 fully saturated rings. The fourth-order valence-corrected chi connectivity index (χ4v) is 1.97. The Morgan fingerprint density at radius 1 is 1.38 bits per heavy atom. The van der Waals surface area contributed by atoms with Gasteiger partial charge < -0.3 is 10.6 Å². The highest BCUT2D eigenvalue weighted by atomic mass is 16.2. The lowest BCUT2D eigenvalue weighted by atomic mass is 10.0. The highest BCUT2D eigenvalue weighted by Gasteiger charge is 2.19. The molecule has 16 heavy (non-hydrogen) atoms. The summed E-state index contributed by atoms with van der Waals surface area (Å²) in [6.07, 6.45) is 5.05. The van der Waals surface area contributed by atoms with Crippen molar-refractivity contribution in [3.63, 3.8) is 0 Å². The third-order valence-electron chi connectivity index (χ3n) is 2.86. The van der Waals surface area contributed by atoms with Crippen LogP contribution in [0.2, 0.25) is 0 Å². The van der Waals surface area contributed by atoms with E-state index in [-0.39, 0.29) is 5.91 Å². The summed E-state index contributed by atoms with van der Waals surface area (Å²) < 4.78 is 0. The van der Waals surface area contributed by atoms with Crippen molar-refractivity contribution >= 4 is 11.6 Å². The highest BCUT2D eigenvalue weighted by molar-refractivity contribution is 6.00. The lowest BCUT2D eigenvalue weighted by Gasteiger charge is -2.24. The molecule has 0 saturated heterocycles. The van der Waals surface area contributed by atoms with Crippen LogP contribution in [0, 0.1) is 6.92 Å². The molecule has 2 N–H and O–H groups in total. The fraction of sp³-hybridized carbons (Fsp3) is 0.308. The van der Waals surface area contributed by atoms with Gasteiger partial charge in [-0.2, -0.15) is 0 Å². The Hall–Kier alpha value is -1.77. The van der Waals surface area contributed by atoms with Crippen molar-refractivity contribution < 1.29 is 4.79 Å². The molecule has 1 aliphatic rings. The maximum Gasteiger partial charge on any atom is 0.256 e. The monoisotopic (exact) mass is 216 g/mol. The molecular formula is C13H16N2O. The first kappa shape index (κ1) is 10.7. The van der Waals surface area contributed by atoms with Crippen LogP contribution in [-0.4, -0.2) is 23.9 Å². The molecule has 1 aliphatic heterocycles. The Bertz CT molecular complexity index is 417. The molecule has 3 nitrogen and oxygen atoms in total. The zero-order chi connectivity index (χ0) is 11.5. The van der Waals surface area contributed by atoms with Crippen molar-refractivity contribution in [1.29, 1.82) is 0 Å². The summed E-state index contributed by atoms with van der Waals surface area (Å²) in [7, 11) is 0. The third-order valence-corrected chi connectivity index (χ3v) is 2.86. The molecule has 1 heterocycles. The van der Waals surface area contributed by atoms with E-state index in [1.54, 1.807) is 6.07 Å². The maximum absolute atomic E-state index is 12.3. The minimum Gasteiger partial charge on any atom is -0.398 e. The summed E-state index contributed by atoms with van der Waals surface area (Å²) in [5, 5.41) is 0. The Morgan fingerprint density at radius 3 is 2.81 bits per heavy atom. The molecule has 0 unspecified atom stereocenters. The average Bonchev–Trinajstić information content (AvgIpc) is 2.30. The second kappa shape index (κ2) is 4.39. The molecule has 0 saturated carbocycles. The Labute approximate surface area is 95.6 Å². The predicted octanol–water partition coefficient (Wildman–Crippen LogP) is 1.98. The van der Waals surface area contributed by atoms with E-state index in [0.29, 0.717) is 17.8 Å². The summed E-state index contributed by atoms with van der Waals surface area (Å²) >= 11 is 0. The van der Waals surface area contributed by atoms with Crippen molar-refractivity contribution in [1.82, 2.24) is 4.90 Å². The van der Waals surface area contributed by atoms with E-state index in [0.717, 1.165) is 18.5 Å². The van der Waals surface area contributed by atoms with Gasteiger partial charge in [-0.3, -0.25) is 4.79 Å². The first-order valence-electron chi connectivity index (χ1n) is 5.49. The highest BCUT2D eigenvalue weighted by Crippen LogP contribution is 2.19. The van der Waals surface area contributed by atoms with Gasteiger partial charge in [0.15, 0.2) is 0 Å². The average molecular weight is 216 g/mol. The van der Waals surface area contributed by atoms with Crippen LogP contribution >= 0.6 is 0 Å². The van der Waals surface area contributed by atoms with Crippen molar-refractivity contribution in [2.75, 3.05) is 18.8 Å². The summed E-state index contributed by atoms with van der Waals surface area (Å²) in [6.45, 7) is 3.39. The minimum atomic E-state index is 0.0416. The van der Waals surface area contributed by atoms with Crippen LogP contribution < -0.4 is 5.73 Å². The lowest BCUT2D eigenvalue weighted by molar-refractivity contribution is 0.0771. The van der Waals surface area contributed by atoms with Crippen molar-refractivity contribution in [3.8, 4) is 0 Å². The lowest BCUT2D eigenvalue weighted by Crippen LogP contribution is -2.34. The van der Waals surface area contributed by atoms with Gasteiger partial charge >= 0.3 is 0 Å². The van der Waals surface area contributed by atoms with Crippen molar-refractivity contribution in [2.45, 2.75) is 13.3 Å². The molecule has 2 rings (SSSR count). The van der Waals surface area contributed by atoms with Gasteiger partial charge in [0.1, 0.15) is 0 Å². The molecule has 0 bridgehead atoms. The summed E-state index contributed by atoms with van der Waals surface area (Å²) in [6, 6.07) is 5.57. The van der Waals surface area contributed by atoms with E-state index in [4.69, 9.17) is 5.73 Å². The Balaban J connectivity index is 2.30. The van der Waals surface area contributed by atoms with Crippen molar-refractivity contribution in [2.24, 2.45) is 0 Å². The van der Waals surface area contributed by atoms with Gasteiger partial charge in [0.25, 0.3) is 5.91 Å². The standard InChI is InChI=1S/C13H16N2O/c1-10-6-5-7-11(14)12(10)13(16)15-8-3-2-4-9-15/h2-3,5-7H,4,8-9,14H2,1H3. The summed E-state index contributed by atoms with van der Waals surface area (Å²) in [4.78, 5) is 14.1. The van der Waals surface area contributed by atoms with Gasteiger partial charge in [0, 0.05) is 18.8 Å². The van der Waals surface area contributed by atoms with Crippen LogP contribution in [0.4, 0.5) is 5.69 Å². The van der Waals surface area contributed by atoms with E-state index in [1.165, 1.54) is 0 Å². The number of benzene rings is 1. The fourth-order valence-electron chi connectivity index (χ4n) is 1.97. The minimum absolute atomic E-state index is 0.0416. The van der Waals surface area contributed by atoms with Crippen molar-refractivity contribution in [3.05, 3.63) is 41.5 Å². The number of nitrogens with two attached hydrogens (primary N) is 1. The molecule has 1 amide bonds. The molecule has 0 aliphatic carbocycles. The number of hydrogen-bond donors (Lipinski definition) is 1. The Morgan fingerprint density at radius 2 is 2.19 bits per heavy atom. The molecule has 0 spiro atoms. The van der Waals surface area contributed by atoms with Crippen LogP contribution in [0.3, 0.4) is 0 Å². The quantitative estimate of drug-likeness (QED) is 0.576.